The van der Waals surface area contributed by atoms with Crippen molar-refractivity contribution in [3.05, 3.63) is 45.9 Å². The highest BCUT2D eigenvalue weighted by Crippen LogP contribution is 2.56. The number of aromatic hydroxyl groups is 1. The number of hydrogen-bond acceptors (Lipinski definition) is 11. The number of carbonyl (C=O) groups is 4. The lowest BCUT2D eigenvalue weighted by atomic mass is 9.55. The van der Waals surface area contributed by atoms with E-state index in [0.717, 1.165) is 0 Å². The standard InChI is InChI=1S/C27H34N4O9.ClH/c1-9-11-7-8-12(29-26(39)10(2)30(3)4)19(32)14(11)20(33)15-13(9)21(34)17-18(31(5)6)22(35)16(25(28)38)24(37)27(17,40)23(15)36;/h7-10,13,17-18,21,32,34-36,40H,1-6H3,(H2,28,38)(H,29,39);1H/t9?,10?,13?,17?,18-,21?,27-;/m0./s1. The lowest BCUT2D eigenvalue weighted by molar-refractivity contribution is -0.162. The SMILES string of the molecule is CC1c2ccc(NC(=O)C(C)N(C)C)c(O)c2C(=O)C2=C(O)[C@]3(O)C(=O)C(C(N)=O)=C(O)[C@@H](N(C)C)C3C(O)C21.Cl. The molecule has 0 spiro atoms. The summed E-state index contributed by atoms with van der Waals surface area (Å²) in [6.45, 7) is 3.27. The lowest BCUT2D eigenvalue weighted by Gasteiger charge is -2.53. The van der Waals surface area contributed by atoms with Crippen LogP contribution in [-0.2, 0) is 14.4 Å². The first kappa shape index (κ1) is 32.0. The van der Waals surface area contributed by atoms with Crippen LogP contribution in [-0.4, -0.2) is 111 Å². The van der Waals surface area contributed by atoms with Gasteiger partial charge in [-0.3, -0.25) is 29.0 Å². The summed E-state index contributed by atoms with van der Waals surface area (Å²) >= 11 is 0. The van der Waals surface area contributed by atoms with Crippen LogP contribution < -0.4 is 11.1 Å². The number of nitrogens with two attached hydrogens (primary N) is 1. The van der Waals surface area contributed by atoms with Crippen LogP contribution in [0.4, 0.5) is 5.69 Å². The molecule has 8 N–H and O–H groups in total. The number of halogens is 1. The fourth-order valence-electron chi connectivity index (χ4n) is 6.20. The molecule has 41 heavy (non-hydrogen) atoms. The number of Topliss-reactive ketones (excluding diaryl/α,β-unsaturated/α-hetero) is 2. The van der Waals surface area contributed by atoms with Crippen LogP contribution in [0.15, 0.2) is 34.8 Å². The summed E-state index contributed by atoms with van der Waals surface area (Å²) < 4.78 is 0. The number of amides is 2. The van der Waals surface area contributed by atoms with Crippen LogP contribution in [0.1, 0.15) is 35.7 Å². The average Bonchev–Trinajstić information content (AvgIpc) is 2.86. The fraction of sp³-hybridized carbons (Fsp3) is 0.481. The summed E-state index contributed by atoms with van der Waals surface area (Å²) in [5.41, 5.74) is 0.788. The maximum absolute atomic E-state index is 13.9. The van der Waals surface area contributed by atoms with Crippen molar-refractivity contribution < 1.29 is 44.7 Å². The number of carbonyl (C=O) groups excluding carboxylic acids is 4. The average molecular weight is 595 g/mol. The van der Waals surface area contributed by atoms with E-state index in [9.17, 15) is 44.7 Å². The summed E-state index contributed by atoms with van der Waals surface area (Å²) in [7, 11) is 6.31. The number of ketones is 2. The van der Waals surface area contributed by atoms with Gasteiger partial charge in [0.05, 0.1) is 35.4 Å². The van der Waals surface area contributed by atoms with Gasteiger partial charge in [0.2, 0.25) is 11.7 Å². The maximum atomic E-state index is 13.9. The minimum absolute atomic E-state index is 0. The van der Waals surface area contributed by atoms with Gasteiger partial charge in [-0.25, -0.2) is 0 Å². The van der Waals surface area contributed by atoms with E-state index in [0.29, 0.717) is 5.56 Å². The van der Waals surface area contributed by atoms with Gasteiger partial charge in [-0.1, -0.05) is 13.0 Å². The number of hydrogen-bond donors (Lipinski definition) is 7. The molecule has 0 aromatic heterocycles. The summed E-state index contributed by atoms with van der Waals surface area (Å²) in [5.74, 6) is -10.2. The van der Waals surface area contributed by atoms with Gasteiger partial charge in [-0.05, 0) is 52.7 Å². The van der Waals surface area contributed by atoms with E-state index in [1.54, 1.807) is 32.8 Å². The smallest absolute Gasteiger partial charge is 0.255 e. The number of aliphatic hydroxyl groups excluding tert-OH is 3. The normalized spacial score (nSPS) is 30.0. The van der Waals surface area contributed by atoms with Crippen molar-refractivity contribution in [3.63, 3.8) is 0 Å². The number of anilines is 1. The Kier molecular flexibility index (Phi) is 8.38. The molecular formula is C27H35ClN4O9. The number of benzene rings is 1. The van der Waals surface area contributed by atoms with E-state index in [1.807, 2.05) is 0 Å². The summed E-state index contributed by atoms with van der Waals surface area (Å²) in [6, 6.07) is 1.01. The number of fused-ring (bicyclic) bond motifs is 3. The number of likely N-dealkylation sites (N-methyl/N-ethyl adjacent to an activating group) is 2. The summed E-state index contributed by atoms with van der Waals surface area (Å²) in [5, 5.41) is 59.3. The zero-order chi connectivity index (χ0) is 30.2. The molecule has 1 aromatic carbocycles. The molecule has 224 valence electrons. The molecule has 1 aromatic rings. The zero-order valence-corrected chi connectivity index (χ0v) is 24.2. The third-order valence-electron chi connectivity index (χ3n) is 8.54. The van der Waals surface area contributed by atoms with Crippen molar-refractivity contribution >= 4 is 41.5 Å². The topological polar surface area (TPSA) is 214 Å². The molecule has 3 aliphatic rings. The molecule has 4 rings (SSSR count). The van der Waals surface area contributed by atoms with Crippen LogP contribution >= 0.6 is 12.4 Å². The number of nitrogens with one attached hydrogen (secondary N) is 1. The monoisotopic (exact) mass is 594 g/mol. The highest BCUT2D eigenvalue weighted by molar-refractivity contribution is 6.25. The zero-order valence-electron chi connectivity index (χ0n) is 23.4. The third-order valence-corrected chi connectivity index (χ3v) is 8.54. The molecule has 0 aliphatic heterocycles. The Morgan fingerprint density at radius 3 is 2.20 bits per heavy atom. The van der Waals surface area contributed by atoms with E-state index in [2.05, 4.69) is 5.32 Å². The molecule has 0 saturated carbocycles. The molecule has 0 fully saturated rings. The highest BCUT2D eigenvalue weighted by atomic mass is 35.5. The van der Waals surface area contributed by atoms with Gasteiger partial charge < -0.3 is 36.6 Å². The Bertz CT molecular complexity index is 1410. The van der Waals surface area contributed by atoms with Crippen LogP contribution in [0.5, 0.6) is 5.75 Å². The first-order valence-electron chi connectivity index (χ1n) is 12.7. The van der Waals surface area contributed by atoms with Crippen molar-refractivity contribution in [2.75, 3.05) is 33.5 Å². The number of rotatable bonds is 5. The lowest BCUT2D eigenvalue weighted by Crippen LogP contribution is -2.68. The quantitative estimate of drug-likeness (QED) is 0.177. The van der Waals surface area contributed by atoms with E-state index < -0.39 is 93.3 Å². The van der Waals surface area contributed by atoms with Gasteiger partial charge in [-0.2, -0.15) is 0 Å². The molecule has 13 nitrogen and oxygen atoms in total. The minimum atomic E-state index is -2.99. The highest BCUT2D eigenvalue weighted by Gasteiger charge is 2.67. The Labute approximate surface area is 242 Å². The van der Waals surface area contributed by atoms with E-state index in [1.165, 1.54) is 31.1 Å². The molecule has 0 radical (unpaired) electrons. The molecule has 3 aliphatic carbocycles. The number of nitrogens with zero attached hydrogens (tertiary/aromatic N) is 2. The third kappa shape index (κ3) is 4.39. The molecule has 2 amide bonds. The molecule has 14 heteroatoms. The van der Waals surface area contributed by atoms with Crippen molar-refractivity contribution in [1.29, 1.82) is 0 Å². The molecule has 5 unspecified atom stereocenters. The van der Waals surface area contributed by atoms with Crippen molar-refractivity contribution in [1.82, 2.24) is 9.80 Å². The molecule has 0 heterocycles. The Morgan fingerprint density at radius 1 is 1.10 bits per heavy atom. The second-order valence-corrected chi connectivity index (χ2v) is 11.1. The van der Waals surface area contributed by atoms with Crippen molar-refractivity contribution in [2.45, 2.75) is 43.6 Å². The Morgan fingerprint density at radius 2 is 1.68 bits per heavy atom. The van der Waals surface area contributed by atoms with Crippen LogP contribution in [0, 0.1) is 11.8 Å². The number of aliphatic hydroxyl groups is 4. The van der Waals surface area contributed by atoms with Crippen LogP contribution in [0.3, 0.4) is 0 Å². The molecule has 7 atom stereocenters. The molecule has 0 saturated heterocycles. The first-order valence-corrected chi connectivity index (χ1v) is 12.7. The van der Waals surface area contributed by atoms with Gasteiger partial charge in [0.25, 0.3) is 5.91 Å². The largest absolute Gasteiger partial charge is 0.510 e. The van der Waals surface area contributed by atoms with Gasteiger partial charge in [0.1, 0.15) is 17.1 Å². The molecular weight excluding hydrogens is 560 g/mol. The number of primary amides is 1. The summed E-state index contributed by atoms with van der Waals surface area (Å²) in [6.07, 6.45) is -1.68. The Hall–Kier alpha value is -3.49. The van der Waals surface area contributed by atoms with Crippen molar-refractivity contribution in [2.24, 2.45) is 17.6 Å². The number of phenols is 1. The van der Waals surface area contributed by atoms with Gasteiger partial charge >= 0.3 is 0 Å². The second-order valence-electron chi connectivity index (χ2n) is 11.1. The fourth-order valence-corrected chi connectivity index (χ4v) is 6.20. The Balaban J connectivity index is 0.00000462. The minimum Gasteiger partial charge on any atom is -0.510 e. The van der Waals surface area contributed by atoms with Crippen LogP contribution in [0.2, 0.25) is 0 Å². The van der Waals surface area contributed by atoms with Gasteiger partial charge in [0.15, 0.2) is 17.1 Å². The van der Waals surface area contributed by atoms with Gasteiger partial charge in [-0.15, -0.1) is 12.4 Å². The predicted molar refractivity (Wildman–Crippen MR) is 149 cm³/mol. The van der Waals surface area contributed by atoms with E-state index in [-0.39, 0.29) is 23.7 Å². The first-order chi connectivity index (χ1) is 18.5. The van der Waals surface area contributed by atoms with E-state index in [4.69, 9.17) is 5.73 Å². The van der Waals surface area contributed by atoms with Crippen molar-refractivity contribution in [3.8, 4) is 5.75 Å². The summed E-state index contributed by atoms with van der Waals surface area (Å²) in [4.78, 5) is 55.0. The molecule has 0 bridgehead atoms. The van der Waals surface area contributed by atoms with Gasteiger partial charge in [0, 0.05) is 11.5 Å². The maximum Gasteiger partial charge on any atom is 0.255 e. The van der Waals surface area contributed by atoms with E-state index >= 15 is 0 Å². The second kappa shape index (κ2) is 10.7. The predicted octanol–water partition coefficient (Wildman–Crippen LogP) is -0.0372. The van der Waals surface area contributed by atoms with Crippen LogP contribution in [0.25, 0.3) is 0 Å². The number of phenolic OH excluding ortho intramolecular Hbond substituents is 1.